The van der Waals surface area contributed by atoms with Crippen LogP contribution in [0.1, 0.15) is 36.2 Å². The molecule has 0 aliphatic rings. The van der Waals surface area contributed by atoms with E-state index in [1.807, 2.05) is 13.8 Å². The fourth-order valence-electron chi connectivity index (χ4n) is 2.04. The van der Waals surface area contributed by atoms with Gasteiger partial charge in [0.2, 0.25) is 0 Å². The highest BCUT2D eigenvalue weighted by Gasteiger charge is 2.11. The number of aromatic carboxylic acids is 1. The van der Waals surface area contributed by atoms with Gasteiger partial charge in [-0.3, -0.25) is 0 Å². The molecule has 0 unspecified atom stereocenters. The normalized spacial score (nSPS) is 10.1. The Morgan fingerprint density at radius 1 is 1.25 bits per heavy atom. The van der Waals surface area contributed by atoms with Crippen molar-refractivity contribution in [3.63, 3.8) is 0 Å². The van der Waals surface area contributed by atoms with E-state index in [-0.39, 0.29) is 6.03 Å². The molecular weight excluding hydrogens is 256 g/mol. The molecule has 0 saturated carbocycles. The van der Waals surface area contributed by atoms with Crippen LogP contribution in [0.25, 0.3) is 0 Å². The molecule has 1 rings (SSSR count). The first-order valence-electron chi connectivity index (χ1n) is 6.94. The van der Waals surface area contributed by atoms with Crippen LogP contribution in [0, 0.1) is 0 Å². The Bertz CT molecular complexity index is 460. The van der Waals surface area contributed by atoms with Crippen LogP contribution in [0.4, 0.5) is 4.79 Å². The highest BCUT2D eigenvalue weighted by molar-refractivity contribution is 5.89. The van der Waals surface area contributed by atoms with Crippen molar-refractivity contribution in [2.45, 2.75) is 26.7 Å². The van der Waals surface area contributed by atoms with Gasteiger partial charge in [0.25, 0.3) is 0 Å². The highest BCUT2D eigenvalue weighted by Crippen LogP contribution is 2.09. The zero-order valence-corrected chi connectivity index (χ0v) is 12.1. The fourth-order valence-corrected chi connectivity index (χ4v) is 2.04. The molecule has 20 heavy (non-hydrogen) atoms. The SMILES string of the molecule is CCCN(CC)C(=O)NCCc1ccccc1C(=O)O. The molecule has 1 aromatic rings. The van der Waals surface area contributed by atoms with Crippen LogP contribution in [0.2, 0.25) is 0 Å². The third kappa shape index (κ3) is 4.57. The minimum atomic E-state index is -0.937. The molecule has 5 nitrogen and oxygen atoms in total. The Kier molecular flexibility index (Phi) is 6.56. The maximum Gasteiger partial charge on any atom is 0.335 e. The summed E-state index contributed by atoms with van der Waals surface area (Å²) < 4.78 is 0. The summed E-state index contributed by atoms with van der Waals surface area (Å²) in [6, 6.07) is 6.76. The Balaban J connectivity index is 2.52. The number of rotatable bonds is 7. The Morgan fingerprint density at radius 2 is 1.95 bits per heavy atom. The molecule has 2 N–H and O–H groups in total. The van der Waals surface area contributed by atoms with Crippen LogP contribution < -0.4 is 5.32 Å². The first-order chi connectivity index (χ1) is 9.60. The first kappa shape index (κ1) is 16.0. The van der Waals surface area contributed by atoms with Gasteiger partial charge in [0.05, 0.1) is 5.56 Å². The molecule has 0 bridgehead atoms. The van der Waals surface area contributed by atoms with E-state index in [9.17, 15) is 9.59 Å². The third-order valence-electron chi connectivity index (χ3n) is 3.08. The number of hydrogen-bond donors (Lipinski definition) is 2. The van der Waals surface area contributed by atoms with Gasteiger partial charge in [0, 0.05) is 19.6 Å². The van der Waals surface area contributed by atoms with Gasteiger partial charge in [-0.25, -0.2) is 9.59 Å². The molecule has 0 atom stereocenters. The molecule has 0 heterocycles. The standard InChI is InChI=1S/C15H22N2O3/c1-3-11-17(4-2)15(20)16-10-9-12-7-5-6-8-13(12)14(18)19/h5-8H,3-4,9-11H2,1-2H3,(H,16,20)(H,18,19). The molecule has 1 aromatic carbocycles. The van der Waals surface area contributed by atoms with Gasteiger partial charge < -0.3 is 15.3 Å². The quantitative estimate of drug-likeness (QED) is 0.804. The molecule has 0 saturated heterocycles. The van der Waals surface area contributed by atoms with E-state index >= 15 is 0 Å². The zero-order chi connectivity index (χ0) is 15.0. The van der Waals surface area contributed by atoms with Gasteiger partial charge in [-0.1, -0.05) is 25.1 Å². The predicted octanol–water partition coefficient (Wildman–Crippen LogP) is 2.37. The van der Waals surface area contributed by atoms with E-state index in [1.54, 1.807) is 29.2 Å². The third-order valence-corrected chi connectivity index (χ3v) is 3.08. The minimum Gasteiger partial charge on any atom is -0.478 e. The van der Waals surface area contributed by atoms with E-state index in [0.717, 1.165) is 18.5 Å². The fraction of sp³-hybridized carbons (Fsp3) is 0.467. The lowest BCUT2D eigenvalue weighted by molar-refractivity contribution is 0.0695. The van der Waals surface area contributed by atoms with Gasteiger partial charge in [-0.2, -0.15) is 0 Å². The maximum atomic E-state index is 11.9. The van der Waals surface area contributed by atoms with Crippen molar-refractivity contribution in [1.82, 2.24) is 10.2 Å². The second kappa shape index (κ2) is 8.19. The summed E-state index contributed by atoms with van der Waals surface area (Å²) >= 11 is 0. The van der Waals surface area contributed by atoms with Crippen molar-refractivity contribution in [3.05, 3.63) is 35.4 Å². The van der Waals surface area contributed by atoms with Crippen molar-refractivity contribution in [3.8, 4) is 0 Å². The average Bonchev–Trinajstić information content (AvgIpc) is 2.44. The molecular formula is C15H22N2O3. The Labute approximate surface area is 119 Å². The maximum absolute atomic E-state index is 11.9. The summed E-state index contributed by atoms with van der Waals surface area (Å²) in [6.45, 7) is 5.80. The van der Waals surface area contributed by atoms with Crippen molar-refractivity contribution >= 4 is 12.0 Å². The van der Waals surface area contributed by atoms with Crippen molar-refractivity contribution < 1.29 is 14.7 Å². The number of carboxylic acid groups (broad SMARTS) is 1. The van der Waals surface area contributed by atoms with Crippen molar-refractivity contribution in [2.24, 2.45) is 0 Å². The van der Waals surface area contributed by atoms with Crippen LogP contribution in [0.5, 0.6) is 0 Å². The Hall–Kier alpha value is -2.04. The van der Waals surface area contributed by atoms with Gasteiger partial charge in [0.1, 0.15) is 0 Å². The minimum absolute atomic E-state index is 0.0952. The lowest BCUT2D eigenvalue weighted by Gasteiger charge is -2.20. The molecule has 110 valence electrons. The first-order valence-corrected chi connectivity index (χ1v) is 6.94. The number of urea groups is 1. The second-order valence-electron chi connectivity index (χ2n) is 4.52. The van der Waals surface area contributed by atoms with Crippen LogP contribution >= 0.6 is 0 Å². The molecule has 0 spiro atoms. The summed E-state index contributed by atoms with van der Waals surface area (Å²) in [5.41, 5.74) is 1.03. The summed E-state index contributed by atoms with van der Waals surface area (Å²) in [4.78, 5) is 24.7. The van der Waals surface area contributed by atoms with Crippen LogP contribution in [0.3, 0.4) is 0 Å². The number of hydrogen-bond acceptors (Lipinski definition) is 2. The summed E-state index contributed by atoms with van der Waals surface area (Å²) in [6.07, 6.45) is 1.43. The molecule has 0 aromatic heterocycles. The molecule has 0 aliphatic carbocycles. The summed E-state index contributed by atoms with van der Waals surface area (Å²) in [5.74, 6) is -0.937. The number of nitrogens with zero attached hydrogens (tertiary/aromatic N) is 1. The number of carbonyl (C=O) groups excluding carboxylic acids is 1. The summed E-state index contributed by atoms with van der Waals surface area (Å²) in [7, 11) is 0. The number of nitrogens with one attached hydrogen (secondary N) is 1. The van der Waals surface area contributed by atoms with Crippen LogP contribution in [0.15, 0.2) is 24.3 Å². The number of benzene rings is 1. The van der Waals surface area contributed by atoms with E-state index in [0.29, 0.717) is 25.1 Å². The number of carbonyl (C=O) groups is 2. The van der Waals surface area contributed by atoms with Gasteiger partial charge >= 0.3 is 12.0 Å². The van der Waals surface area contributed by atoms with Crippen molar-refractivity contribution in [2.75, 3.05) is 19.6 Å². The number of carboxylic acids is 1. The monoisotopic (exact) mass is 278 g/mol. The van der Waals surface area contributed by atoms with E-state index < -0.39 is 5.97 Å². The lowest BCUT2D eigenvalue weighted by atomic mass is 10.0. The van der Waals surface area contributed by atoms with E-state index in [4.69, 9.17) is 5.11 Å². The second-order valence-corrected chi connectivity index (χ2v) is 4.52. The van der Waals surface area contributed by atoms with Gasteiger partial charge in [-0.05, 0) is 31.4 Å². The van der Waals surface area contributed by atoms with Gasteiger partial charge in [0.15, 0.2) is 0 Å². The highest BCUT2D eigenvalue weighted by atomic mass is 16.4. The topological polar surface area (TPSA) is 69.6 Å². The molecule has 0 aliphatic heterocycles. The van der Waals surface area contributed by atoms with Crippen LogP contribution in [-0.4, -0.2) is 41.6 Å². The Morgan fingerprint density at radius 3 is 2.55 bits per heavy atom. The van der Waals surface area contributed by atoms with Crippen molar-refractivity contribution in [1.29, 1.82) is 0 Å². The van der Waals surface area contributed by atoms with E-state index in [2.05, 4.69) is 5.32 Å². The van der Waals surface area contributed by atoms with E-state index in [1.165, 1.54) is 0 Å². The molecule has 2 amide bonds. The predicted molar refractivity (Wildman–Crippen MR) is 78.0 cm³/mol. The largest absolute Gasteiger partial charge is 0.478 e. The van der Waals surface area contributed by atoms with Gasteiger partial charge in [-0.15, -0.1) is 0 Å². The molecule has 5 heteroatoms. The molecule has 0 radical (unpaired) electrons. The number of amides is 2. The zero-order valence-electron chi connectivity index (χ0n) is 12.1. The lowest BCUT2D eigenvalue weighted by Crippen LogP contribution is -2.41. The summed E-state index contributed by atoms with van der Waals surface area (Å²) in [5, 5.41) is 11.9. The smallest absolute Gasteiger partial charge is 0.335 e. The average molecular weight is 278 g/mol. The molecule has 0 fully saturated rings. The van der Waals surface area contributed by atoms with Crippen LogP contribution in [-0.2, 0) is 6.42 Å².